The van der Waals surface area contributed by atoms with Gasteiger partial charge in [-0.15, -0.1) is 5.11 Å². The molecule has 0 atom stereocenters. The van der Waals surface area contributed by atoms with Gasteiger partial charge < -0.3 is 5.73 Å². The molecule has 4 aliphatic carbocycles. The highest BCUT2D eigenvalue weighted by molar-refractivity contribution is 5.80. The van der Waals surface area contributed by atoms with E-state index in [2.05, 4.69) is 34.5 Å². The van der Waals surface area contributed by atoms with E-state index >= 15 is 0 Å². The van der Waals surface area contributed by atoms with Gasteiger partial charge in [0.1, 0.15) is 0 Å². The summed E-state index contributed by atoms with van der Waals surface area (Å²) in [4.78, 5) is 0. The molecule has 0 bridgehead atoms. The van der Waals surface area contributed by atoms with Gasteiger partial charge in [0, 0.05) is 11.3 Å². The first kappa shape index (κ1) is 13.5. The first-order valence-corrected chi connectivity index (χ1v) is 7.48. The first-order valence-electron chi connectivity index (χ1n) is 7.48. The summed E-state index contributed by atoms with van der Waals surface area (Å²) in [5, 5.41) is 8.79. The Bertz CT molecular complexity index is 912. The van der Waals surface area contributed by atoms with E-state index in [0.29, 0.717) is 0 Å². The maximum Gasteiger partial charge on any atom is 0.0935 e. The topological polar surface area (TPSA) is 50.7 Å². The van der Waals surface area contributed by atoms with E-state index in [1.54, 1.807) is 0 Å². The van der Waals surface area contributed by atoms with Crippen LogP contribution in [0.5, 0.6) is 0 Å². The van der Waals surface area contributed by atoms with Gasteiger partial charge in [-0.1, -0.05) is 48.5 Å². The molecule has 0 aliphatic heterocycles. The van der Waals surface area contributed by atoms with Crippen molar-refractivity contribution in [1.29, 1.82) is 0 Å². The molecule has 0 spiro atoms. The average Bonchev–Trinajstić information content (AvgIpc) is 3.06. The molecule has 110 valence electrons. The average molecular weight is 297 g/mol. The second kappa shape index (κ2) is 5.54. The minimum absolute atomic E-state index is 0.734. The van der Waals surface area contributed by atoms with Crippen LogP contribution in [0.25, 0.3) is 22.3 Å². The highest BCUT2D eigenvalue weighted by atomic mass is 15.1. The molecule has 3 nitrogen and oxygen atoms in total. The third-order valence-corrected chi connectivity index (χ3v) is 3.93. The third-order valence-electron chi connectivity index (χ3n) is 3.93. The van der Waals surface area contributed by atoms with Crippen molar-refractivity contribution in [2.45, 2.75) is 0 Å². The maximum absolute atomic E-state index is 5.83. The molecule has 0 aromatic carbocycles. The van der Waals surface area contributed by atoms with Crippen molar-refractivity contribution in [3.8, 4) is 22.3 Å². The number of fused-ring (bicyclic) bond motifs is 2. The Hall–Kier alpha value is -3.20. The Morgan fingerprint density at radius 1 is 0.565 bits per heavy atom. The lowest BCUT2D eigenvalue weighted by atomic mass is 10.2. The van der Waals surface area contributed by atoms with E-state index in [1.165, 1.54) is 11.1 Å². The Kier molecular flexibility index (Phi) is 3.24. The van der Waals surface area contributed by atoms with Gasteiger partial charge in [0.2, 0.25) is 0 Å². The Morgan fingerprint density at radius 2 is 1.22 bits per heavy atom. The zero-order valence-corrected chi connectivity index (χ0v) is 12.5. The molecule has 0 aromatic rings. The maximum atomic E-state index is 5.83. The summed E-state index contributed by atoms with van der Waals surface area (Å²) in [6.07, 6.45) is 0. The minimum atomic E-state index is 0.734. The van der Waals surface area contributed by atoms with E-state index in [9.17, 15) is 0 Å². The molecule has 0 saturated carbocycles. The highest BCUT2D eigenvalue weighted by Gasteiger charge is 2.07. The number of azo groups is 1. The fourth-order valence-electron chi connectivity index (χ4n) is 2.67. The predicted octanol–water partition coefficient (Wildman–Crippen LogP) is 5.89. The second-order valence-electron chi connectivity index (χ2n) is 5.48. The summed E-state index contributed by atoms with van der Waals surface area (Å²) < 4.78 is 0. The number of rotatable bonds is 2. The van der Waals surface area contributed by atoms with Crippen LogP contribution in [0, 0.1) is 0 Å². The van der Waals surface area contributed by atoms with Crippen LogP contribution in [0.4, 0.5) is 17.1 Å². The number of nitrogens with zero attached hydrogens (tertiary/aromatic N) is 2. The number of anilines is 1. The smallest absolute Gasteiger partial charge is 0.0935 e. The standard InChI is InChI=1S/C20H15N3/c21-17-8-4-16-7-13-20(19(16)12-9-17)23-22-18-10-5-14-2-1-3-15(14)6-11-18/h1-13H,21H2. The molecular formula is C20H15N3. The number of nitrogens with two attached hydrogens (primary N) is 1. The van der Waals surface area contributed by atoms with Crippen molar-refractivity contribution in [1.82, 2.24) is 0 Å². The van der Waals surface area contributed by atoms with Crippen LogP contribution < -0.4 is 5.73 Å². The van der Waals surface area contributed by atoms with Crippen LogP contribution in [-0.4, -0.2) is 0 Å². The van der Waals surface area contributed by atoms with Crippen molar-refractivity contribution >= 4 is 17.1 Å². The zero-order chi connectivity index (χ0) is 15.6. The van der Waals surface area contributed by atoms with Crippen molar-refractivity contribution in [3.63, 3.8) is 0 Å². The molecule has 0 fully saturated rings. The normalized spacial score (nSPS) is 11.5. The minimum Gasteiger partial charge on any atom is -0.399 e. The lowest BCUT2D eigenvalue weighted by molar-refractivity contribution is 1.24. The summed E-state index contributed by atoms with van der Waals surface area (Å²) in [6.45, 7) is 0. The lowest BCUT2D eigenvalue weighted by Gasteiger charge is -1.93. The van der Waals surface area contributed by atoms with Gasteiger partial charge in [0.25, 0.3) is 0 Å². The number of hydrogen-bond acceptors (Lipinski definition) is 3. The predicted molar refractivity (Wildman–Crippen MR) is 94.7 cm³/mol. The molecule has 0 heterocycles. The molecule has 0 radical (unpaired) electrons. The Morgan fingerprint density at radius 3 is 2.00 bits per heavy atom. The summed E-state index contributed by atoms with van der Waals surface area (Å²) >= 11 is 0. The van der Waals surface area contributed by atoms with E-state index in [1.807, 2.05) is 54.6 Å². The molecule has 3 heteroatoms. The van der Waals surface area contributed by atoms with E-state index in [-0.39, 0.29) is 0 Å². The van der Waals surface area contributed by atoms with E-state index in [4.69, 9.17) is 5.73 Å². The van der Waals surface area contributed by atoms with E-state index < -0.39 is 0 Å². The second-order valence-corrected chi connectivity index (χ2v) is 5.48. The van der Waals surface area contributed by atoms with Gasteiger partial charge in [0.15, 0.2) is 0 Å². The van der Waals surface area contributed by atoms with Gasteiger partial charge >= 0.3 is 0 Å². The van der Waals surface area contributed by atoms with Crippen LogP contribution >= 0.6 is 0 Å². The van der Waals surface area contributed by atoms with E-state index in [0.717, 1.165) is 28.2 Å². The van der Waals surface area contributed by atoms with Crippen LogP contribution in [0.2, 0.25) is 0 Å². The van der Waals surface area contributed by atoms with Gasteiger partial charge in [0.05, 0.1) is 11.4 Å². The Labute approximate surface area is 134 Å². The van der Waals surface area contributed by atoms with Gasteiger partial charge in [-0.2, -0.15) is 5.11 Å². The van der Waals surface area contributed by atoms with Gasteiger partial charge in [-0.25, -0.2) is 0 Å². The van der Waals surface area contributed by atoms with Crippen molar-refractivity contribution < 1.29 is 0 Å². The highest BCUT2D eigenvalue weighted by Crippen LogP contribution is 2.35. The Balaban J connectivity index is 1.70. The molecule has 2 N–H and O–H groups in total. The van der Waals surface area contributed by atoms with Crippen LogP contribution in [0.15, 0.2) is 89.1 Å². The SMILES string of the molecule is Nc1ccc2ccc(N=Nc3ccc4cccc-4cc3)c-2cc1. The summed E-state index contributed by atoms with van der Waals surface area (Å²) in [5.74, 6) is 0. The molecule has 0 unspecified atom stereocenters. The zero-order valence-electron chi connectivity index (χ0n) is 12.5. The van der Waals surface area contributed by atoms with Gasteiger partial charge in [-0.3, -0.25) is 0 Å². The van der Waals surface area contributed by atoms with Crippen LogP contribution in [-0.2, 0) is 0 Å². The molecule has 4 rings (SSSR count). The summed E-state index contributed by atoms with van der Waals surface area (Å²) in [5.41, 5.74) is 12.8. The van der Waals surface area contributed by atoms with Gasteiger partial charge in [-0.05, 0) is 47.0 Å². The quantitative estimate of drug-likeness (QED) is 0.460. The molecule has 4 aliphatic rings. The first-order chi connectivity index (χ1) is 11.3. The van der Waals surface area contributed by atoms with Crippen molar-refractivity contribution in [3.05, 3.63) is 78.9 Å². The third kappa shape index (κ3) is 2.64. The molecular weight excluding hydrogens is 282 g/mol. The molecule has 23 heavy (non-hydrogen) atoms. The largest absolute Gasteiger partial charge is 0.399 e. The summed E-state index contributed by atoms with van der Waals surface area (Å²) in [7, 11) is 0. The molecule has 0 amide bonds. The molecule has 0 aromatic heterocycles. The van der Waals surface area contributed by atoms with Crippen LogP contribution in [0.1, 0.15) is 0 Å². The number of nitrogen functional groups attached to an aromatic ring is 1. The van der Waals surface area contributed by atoms with Crippen molar-refractivity contribution in [2.24, 2.45) is 10.2 Å². The fraction of sp³-hybridized carbons (Fsp3) is 0. The fourth-order valence-corrected chi connectivity index (χ4v) is 2.67. The summed E-state index contributed by atoms with van der Waals surface area (Å²) in [6, 6.07) is 26.1. The van der Waals surface area contributed by atoms with Crippen molar-refractivity contribution in [2.75, 3.05) is 5.73 Å². The number of hydrogen-bond donors (Lipinski definition) is 1. The van der Waals surface area contributed by atoms with Crippen LogP contribution in [0.3, 0.4) is 0 Å². The monoisotopic (exact) mass is 297 g/mol. The molecule has 0 saturated heterocycles. The lowest BCUT2D eigenvalue weighted by Crippen LogP contribution is -1.77.